The quantitative estimate of drug-likeness (QED) is 0.712. The van der Waals surface area contributed by atoms with Crippen LogP contribution in [-0.4, -0.2) is 0 Å². The van der Waals surface area contributed by atoms with Crippen molar-refractivity contribution in [2.24, 2.45) is 0 Å². The molecule has 0 aromatic carbocycles. The summed E-state index contributed by atoms with van der Waals surface area (Å²) in [4.78, 5) is 1.45. The van der Waals surface area contributed by atoms with Crippen LogP contribution in [0.3, 0.4) is 0 Å². The highest BCUT2D eigenvalue weighted by Crippen LogP contribution is 2.38. The lowest BCUT2D eigenvalue weighted by Crippen LogP contribution is -1.89. The Morgan fingerprint density at radius 3 is 2.79 bits per heavy atom. The number of alkyl halides is 1. The van der Waals surface area contributed by atoms with Crippen LogP contribution in [0.5, 0.6) is 0 Å². The number of hydrogen-bond donors (Lipinski definition) is 0. The lowest BCUT2D eigenvalue weighted by molar-refractivity contribution is 0.519. The molecule has 0 saturated carbocycles. The van der Waals surface area contributed by atoms with Crippen LogP contribution in [0.1, 0.15) is 21.0 Å². The molecule has 1 nitrogen and oxygen atoms in total. The highest BCUT2D eigenvalue weighted by atomic mass is 79.9. The zero-order valence-electron chi connectivity index (χ0n) is 7.46. The summed E-state index contributed by atoms with van der Waals surface area (Å²) < 4.78 is 6.51. The third-order valence-electron chi connectivity index (χ3n) is 1.99. The van der Waals surface area contributed by atoms with Crippen molar-refractivity contribution in [2.45, 2.75) is 11.8 Å². The van der Waals surface area contributed by atoms with Gasteiger partial charge in [0.2, 0.25) is 0 Å². The first-order valence-electron chi connectivity index (χ1n) is 4.12. The van der Waals surface area contributed by atoms with Gasteiger partial charge >= 0.3 is 0 Å². The summed E-state index contributed by atoms with van der Waals surface area (Å²) in [7, 11) is 0. The second-order valence-electron chi connectivity index (χ2n) is 2.94. The molecule has 2 heterocycles. The van der Waals surface area contributed by atoms with Gasteiger partial charge in [0.15, 0.2) is 0 Å². The molecule has 2 rings (SSSR count). The first-order valence-corrected chi connectivity index (χ1v) is 6.64. The molecule has 0 aliphatic carbocycles. The van der Waals surface area contributed by atoms with E-state index >= 15 is 0 Å². The van der Waals surface area contributed by atoms with Gasteiger partial charge in [0.1, 0.15) is 5.76 Å². The van der Waals surface area contributed by atoms with Crippen molar-refractivity contribution < 1.29 is 4.42 Å². The van der Waals surface area contributed by atoms with E-state index in [1.165, 1.54) is 10.4 Å². The second kappa shape index (κ2) is 4.21. The Labute approximate surface area is 103 Å². The van der Waals surface area contributed by atoms with Crippen LogP contribution in [0.25, 0.3) is 0 Å². The van der Waals surface area contributed by atoms with Crippen LogP contribution in [0.15, 0.2) is 32.7 Å². The third kappa shape index (κ3) is 1.97. The van der Waals surface area contributed by atoms with Gasteiger partial charge in [0.25, 0.3) is 0 Å². The molecule has 14 heavy (non-hydrogen) atoms. The van der Waals surface area contributed by atoms with Gasteiger partial charge in [-0.25, -0.2) is 0 Å². The Kier molecular flexibility index (Phi) is 3.14. The highest BCUT2D eigenvalue weighted by Gasteiger charge is 2.17. The van der Waals surface area contributed by atoms with Gasteiger partial charge in [0, 0.05) is 4.88 Å². The molecule has 0 N–H and O–H groups in total. The van der Waals surface area contributed by atoms with E-state index in [0.717, 1.165) is 9.55 Å². The van der Waals surface area contributed by atoms with E-state index in [4.69, 9.17) is 4.42 Å². The zero-order valence-corrected chi connectivity index (χ0v) is 11.4. The van der Waals surface area contributed by atoms with Crippen LogP contribution in [0.2, 0.25) is 0 Å². The Bertz CT molecular complexity index is 419. The number of rotatable bonds is 2. The average molecular weight is 336 g/mol. The smallest absolute Gasteiger partial charge is 0.121 e. The Morgan fingerprint density at radius 1 is 1.50 bits per heavy atom. The Balaban J connectivity index is 2.36. The molecule has 2 aromatic heterocycles. The summed E-state index contributed by atoms with van der Waals surface area (Å²) >= 11 is 8.85. The van der Waals surface area contributed by atoms with E-state index < -0.39 is 0 Å². The van der Waals surface area contributed by atoms with Crippen LogP contribution in [-0.2, 0) is 0 Å². The number of halogens is 2. The normalized spacial score (nSPS) is 13.1. The fourth-order valence-corrected chi connectivity index (χ4v) is 3.93. The minimum absolute atomic E-state index is 0.153. The summed E-state index contributed by atoms with van der Waals surface area (Å²) in [6.45, 7) is 2.11. The molecule has 0 aliphatic heterocycles. The van der Waals surface area contributed by atoms with Crippen molar-refractivity contribution in [3.63, 3.8) is 0 Å². The maximum atomic E-state index is 5.36. The van der Waals surface area contributed by atoms with Crippen LogP contribution >= 0.6 is 43.2 Å². The molecule has 0 bridgehead atoms. The van der Waals surface area contributed by atoms with Crippen molar-refractivity contribution >= 4 is 43.2 Å². The van der Waals surface area contributed by atoms with Gasteiger partial charge in [-0.1, -0.05) is 15.9 Å². The minimum Gasteiger partial charge on any atom is -0.468 e. The molecule has 0 spiro atoms. The lowest BCUT2D eigenvalue weighted by Gasteiger charge is -2.05. The van der Waals surface area contributed by atoms with Gasteiger partial charge in [-0.2, -0.15) is 0 Å². The number of aryl methyl sites for hydroxylation is 1. The van der Waals surface area contributed by atoms with E-state index in [9.17, 15) is 0 Å². The molecular formula is C10H8Br2OS. The lowest BCUT2D eigenvalue weighted by atomic mass is 10.1. The second-order valence-corrected chi connectivity index (χ2v) is 6.49. The molecule has 74 valence electrons. The number of thiophene rings is 1. The monoisotopic (exact) mass is 334 g/mol. The van der Waals surface area contributed by atoms with E-state index in [0.29, 0.717) is 0 Å². The van der Waals surface area contributed by atoms with E-state index in [-0.39, 0.29) is 4.83 Å². The third-order valence-corrected chi connectivity index (χ3v) is 4.51. The molecule has 0 aliphatic rings. The number of hydrogen-bond acceptors (Lipinski definition) is 2. The van der Waals surface area contributed by atoms with Crippen molar-refractivity contribution in [3.05, 3.63) is 44.4 Å². The van der Waals surface area contributed by atoms with Crippen molar-refractivity contribution in [1.82, 2.24) is 0 Å². The maximum absolute atomic E-state index is 5.36. The van der Waals surface area contributed by atoms with Gasteiger partial charge < -0.3 is 4.42 Å². The molecule has 2 aromatic rings. The van der Waals surface area contributed by atoms with Gasteiger partial charge in [0.05, 0.1) is 14.9 Å². The maximum Gasteiger partial charge on any atom is 0.121 e. The summed E-state index contributed by atoms with van der Waals surface area (Å²) in [5.41, 5.74) is 1.26. The van der Waals surface area contributed by atoms with Crippen LogP contribution in [0, 0.1) is 6.92 Å². The summed E-state index contributed by atoms with van der Waals surface area (Å²) in [6.07, 6.45) is 1.69. The van der Waals surface area contributed by atoms with Gasteiger partial charge in [-0.15, -0.1) is 11.3 Å². The Hall–Kier alpha value is -0.0600. The zero-order chi connectivity index (χ0) is 10.1. The number of furan rings is 1. The van der Waals surface area contributed by atoms with E-state index in [2.05, 4.69) is 44.8 Å². The predicted molar refractivity (Wildman–Crippen MR) is 66.2 cm³/mol. The first kappa shape index (κ1) is 10.5. The highest BCUT2D eigenvalue weighted by molar-refractivity contribution is 9.11. The fraction of sp³-hybridized carbons (Fsp3) is 0.200. The predicted octanol–water partition coefficient (Wildman–Crippen LogP) is 4.90. The Morgan fingerprint density at radius 2 is 2.29 bits per heavy atom. The molecule has 0 fully saturated rings. The molecular weight excluding hydrogens is 328 g/mol. The summed E-state index contributed by atoms with van der Waals surface area (Å²) in [5, 5.41) is 0. The van der Waals surface area contributed by atoms with Crippen LogP contribution in [0.4, 0.5) is 0 Å². The van der Waals surface area contributed by atoms with Gasteiger partial charge in [-0.05, 0) is 46.6 Å². The first-order chi connectivity index (χ1) is 6.68. The fourth-order valence-electron chi connectivity index (χ4n) is 1.30. The molecule has 4 heteroatoms. The summed E-state index contributed by atoms with van der Waals surface area (Å²) in [5.74, 6) is 0.943. The molecule has 0 amide bonds. The topological polar surface area (TPSA) is 13.1 Å². The van der Waals surface area contributed by atoms with Crippen molar-refractivity contribution in [3.8, 4) is 0 Å². The standard InChI is InChI=1S/C10H8Br2OS/c1-6-7(5-9(11)14-6)10(12)8-3-2-4-13-8/h2-5,10H,1H3. The molecule has 0 radical (unpaired) electrons. The van der Waals surface area contributed by atoms with Crippen molar-refractivity contribution in [1.29, 1.82) is 0 Å². The van der Waals surface area contributed by atoms with Crippen LogP contribution < -0.4 is 0 Å². The summed E-state index contributed by atoms with van der Waals surface area (Å²) in [6, 6.07) is 6.01. The van der Waals surface area contributed by atoms with E-state index in [1.807, 2.05) is 12.1 Å². The largest absolute Gasteiger partial charge is 0.468 e. The molecule has 0 saturated heterocycles. The van der Waals surface area contributed by atoms with Crippen molar-refractivity contribution in [2.75, 3.05) is 0 Å². The molecule has 1 atom stereocenters. The average Bonchev–Trinajstić information content (AvgIpc) is 2.73. The minimum atomic E-state index is 0.153. The van der Waals surface area contributed by atoms with Gasteiger partial charge in [-0.3, -0.25) is 0 Å². The molecule has 1 unspecified atom stereocenters. The van der Waals surface area contributed by atoms with E-state index in [1.54, 1.807) is 17.6 Å². The SMILES string of the molecule is Cc1sc(Br)cc1C(Br)c1ccco1.